The second-order valence-corrected chi connectivity index (χ2v) is 8.05. The second-order valence-electron chi connectivity index (χ2n) is 8.05. The van der Waals surface area contributed by atoms with Gasteiger partial charge in [-0.25, -0.2) is 5.01 Å². The van der Waals surface area contributed by atoms with Crippen molar-refractivity contribution in [1.82, 2.24) is 19.8 Å². The minimum absolute atomic E-state index is 0.00626. The number of hydrogen-bond donors (Lipinski definition) is 1. The van der Waals surface area contributed by atoms with Gasteiger partial charge < -0.3 is 14.6 Å². The first kappa shape index (κ1) is 20.8. The summed E-state index contributed by atoms with van der Waals surface area (Å²) in [7, 11) is 2.01. The van der Waals surface area contributed by atoms with Gasteiger partial charge >= 0.3 is 0 Å². The predicted octanol–water partition coefficient (Wildman–Crippen LogP) is 1.93. The van der Waals surface area contributed by atoms with Gasteiger partial charge in [0.15, 0.2) is 0 Å². The zero-order valence-electron chi connectivity index (χ0n) is 17.9. The number of nitrogens with zero attached hydrogens (tertiary/aromatic N) is 4. The van der Waals surface area contributed by atoms with Crippen LogP contribution in [0, 0.1) is 6.92 Å². The molecule has 0 bridgehead atoms. The molecule has 0 spiro atoms. The zero-order chi connectivity index (χ0) is 20.9. The van der Waals surface area contributed by atoms with Gasteiger partial charge in [-0.15, -0.1) is 0 Å². The quantitative estimate of drug-likeness (QED) is 0.710. The van der Waals surface area contributed by atoms with Crippen molar-refractivity contribution < 1.29 is 9.53 Å². The molecule has 1 N–H and O–H groups in total. The lowest BCUT2D eigenvalue weighted by molar-refractivity contribution is -0.132. The van der Waals surface area contributed by atoms with Crippen LogP contribution in [0.2, 0.25) is 0 Å². The van der Waals surface area contributed by atoms with E-state index in [0.717, 1.165) is 62.8 Å². The monoisotopic (exact) mass is 409 g/mol. The molecule has 30 heavy (non-hydrogen) atoms. The largest absolute Gasteiger partial charge is 0.379 e. The van der Waals surface area contributed by atoms with Crippen LogP contribution in [0.15, 0.2) is 47.7 Å². The zero-order valence-corrected chi connectivity index (χ0v) is 17.9. The van der Waals surface area contributed by atoms with E-state index in [2.05, 4.69) is 52.0 Å². The van der Waals surface area contributed by atoms with Gasteiger partial charge in [0.25, 0.3) is 5.91 Å². The Bertz CT molecular complexity index is 883. The fraction of sp³-hybridized carbons (Fsp3) is 0.478. The van der Waals surface area contributed by atoms with Crippen LogP contribution < -0.4 is 5.32 Å². The molecule has 7 nitrogen and oxygen atoms in total. The third-order valence-electron chi connectivity index (χ3n) is 5.85. The molecular formula is C23H31N5O2. The number of rotatable bonds is 7. The highest BCUT2D eigenvalue weighted by Crippen LogP contribution is 2.32. The van der Waals surface area contributed by atoms with Crippen LogP contribution in [0.4, 0.5) is 0 Å². The summed E-state index contributed by atoms with van der Waals surface area (Å²) in [5.74, 6) is 0.00626. The second kappa shape index (κ2) is 9.55. The average molecular weight is 410 g/mol. The Hall–Kier alpha value is -2.48. The molecule has 0 aliphatic carbocycles. The smallest absolute Gasteiger partial charge is 0.257 e. The molecule has 4 rings (SSSR count). The maximum Gasteiger partial charge on any atom is 0.257 e. The molecule has 1 saturated heterocycles. The molecular weight excluding hydrogens is 378 g/mol. The van der Waals surface area contributed by atoms with E-state index in [1.807, 2.05) is 19.3 Å². The molecule has 3 heterocycles. The summed E-state index contributed by atoms with van der Waals surface area (Å²) in [5, 5.41) is 9.73. The van der Waals surface area contributed by atoms with Crippen LogP contribution in [-0.4, -0.2) is 72.0 Å². The Labute approximate surface area is 178 Å². The van der Waals surface area contributed by atoms with E-state index in [0.29, 0.717) is 0 Å². The summed E-state index contributed by atoms with van der Waals surface area (Å²) >= 11 is 0. The number of carbonyl (C=O) groups is 1. The van der Waals surface area contributed by atoms with Gasteiger partial charge in [0.1, 0.15) is 0 Å². The minimum atomic E-state index is -0.0657. The number of carbonyl (C=O) groups excluding carboxylic acids is 1. The van der Waals surface area contributed by atoms with Crippen LogP contribution in [0.1, 0.15) is 29.3 Å². The average Bonchev–Trinajstić information content (AvgIpc) is 3.39. The molecule has 1 atom stereocenters. The number of aromatic nitrogens is 1. The Balaban J connectivity index is 1.42. The maximum absolute atomic E-state index is 13.1. The van der Waals surface area contributed by atoms with E-state index in [1.54, 1.807) is 5.01 Å². The first-order chi connectivity index (χ1) is 14.6. The highest BCUT2D eigenvalue weighted by Gasteiger charge is 2.33. The molecule has 2 aromatic rings. The number of ether oxygens (including phenoxy) is 1. The summed E-state index contributed by atoms with van der Waals surface area (Å²) in [6.45, 7) is 7.58. The van der Waals surface area contributed by atoms with Crippen molar-refractivity contribution in [1.29, 1.82) is 0 Å². The molecule has 1 amide bonds. The third kappa shape index (κ3) is 4.80. The Kier molecular flexibility index (Phi) is 6.62. The number of aryl methyl sites for hydroxylation is 2. The van der Waals surface area contributed by atoms with E-state index in [9.17, 15) is 4.79 Å². The fourth-order valence-corrected chi connectivity index (χ4v) is 4.04. The van der Waals surface area contributed by atoms with Crippen LogP contribution in [0.5, 0.6) is 0 Å². The van der Waals surface area contributed by atoms with Crippen molar-refractivity contribution in [3.05, 3.63) is 59.4 Å². The van der Waals surface area contributed by atoms with Crippen LogP contribution in [0.25, 0.3) is 0 Å². The van der Waals surface area contributed by atoms with Crippen molar-refractivity contribution in [3.8, 4) is 0 Å². The van der Waals surface area contributed by atoms with Crippen molar-refractivity contribution >= 4 is 11.6 Å². The molecule has 160 valence electrons. The Morgan fingerprint density at radius 1 is 1.20 bits per heavy atom. The van der Waals surface area contributed by atoms with Gasteiger partial charge in [-0.1, -0.05) is 29.8 Å². The molecule has 1 aromatic carbocycles. The normalized spacial score (nSPS) is 19.9. The summed E-state index contributed by atoms with van der Waals surface area (Å²) in [6.07, 6.45) is 2.73. The molecule has 1 unspecified atom stereocenters. The van der Waals surface area contributed by atoms with E-state index in [4.69, 9.17) is 9.84 Å². The van der Waals surface area contributed by atoms with Gasteiger partial charge in [0.05, 0.1) is 37.2 Å². The summed E-state index contributed by atoms with van der Waals surface area (Å²) < 4.78 is 7.44. The van der Waals surface area contributed by atoms with Gasteiger partial charge in [-0.2, -0.15) is 5.10 Å². The number of hydrogen-bond acceptors (Lipinski definition) is 5. The van der Waals surface area contributed by atoms with Gasteiger partial charge in [-0.05, 0) is 24.6 Å². The molecule has 7 heteroatoms. The Morgan fingerprint density at radius 2 is 1.97 bits per heavy atom. The molecule has 2 aliphatic rings. The number of hydrazone groups is 1. The van der Waals surface area contributed by atoms with Gasteiger partial charge in [0.2, 0.25) is 0 Å². The minimum Gasteiger partial charge on any atom is -0.379 e. The summed E-state index contributed by atoms with van der Waals surface area (Å²) in [5.41, 5.74) is 4.34. The van der Waals surface area contributed by atoms with E-state index in [1.165, 1.54) is 5.56 Å². The predicted molar refractivity (Wildman–Crippen MR) is 117 cm³/mol. The van der Waals surface area contributed by atoms with Gasteiger partial charge in [-0.3, -0.25) is 9.69 Å². The standard InChI is InChI=1S/C23H31N5O2/c1-18-5-7-19(8-6-18)22-16-20(21-4-3-10-26(21)2)25-28(22)23(29)17-24-9-11-27-12-14-30-15-13-27/h3-8,10,22,24H,9,11-17H2,1-2H3. The van der Waals surface area contributed by atoms with Crippen LogP contribution >= 0.6 is 0 Å². The number of morpholine rings is 1. The SMILES string of the molecule is Cc1ccc(C2CC(c3cccn3C)=NN2C(=O)CNCCN2CCOCC2)cc1. The van der Waals surface area contributed by atoms with Crippen molar-refractivity contribution in [2.75, 3.05) is 45.9 Å². The van der Waals surface area contributed by atoms with Crippen molar-refractivity contribution in [3.63, 3.8) is 0 Å². The molecule has 0 radical (unpaired) electrons. The maximum atomic E-state index is 13.1. The number of benzene rings is 1. The third-order valence-corrected chi connectivity index (χ3v) is 5.85. The lowest BCUT2D eigenvalue weighted by Gasteiger charge is -2.26. The Morgan fingerprint density at radius 3 is 2.67 bits per heavy atom. The van der Waals surface area contributed by atoms with E-state index < -0.39 is 0 Å². The van der Waals surface area contributed by atoms with E-state index >= 15 is 0 Å². The first-order valence-electron chi connectivity index (χ1n) is 10.7. The highest BCUT2D eigenvalue weighted by molar-refractivity contribution is 6.02. The molecule has 2 aliphatic heterocycles. The topological polar surface area (TPSA) is 62.1 Å². The first-order valence-corrected chi connectivity index (χ1v) is 10.7. The van der Waals surface area contributed by atoms with Crippen molar-refractivity contribution in [2.24, 2.45) is 12.1 Å². The van der Waals surface area contributed by atoms with Gasteiger partial charge in [0, 0.05) is 45.8 Å². The fourth-order valence-electron chi connectivity index (χ4n) is 4.04. The highest BCUT2D eigenvalue weighted by atomic mass is 16.5. The molecule has 1 aromatic heterocycles. The van der Waals surface area contributed by atoms with E-state index in [-0.39, 0.29) is 18.5 Å². The summed E-state index contributed by atoms with van der Waals surface area (Å²) in [4.78, 5) is 15.4. The van der Waals surface area contributed by atoms with Crippen molar-refractivity contribution in [2.45, 2.75) is 19.4 Å². The number of amides is 1. The summed E-state index contributed by atoms with van der Waals surface area (Å²) in [6, 6.07) is 12.4. The van der Waals surface area contributed by atoms with Crippen LogP contribution in [0.3, 0.4) is 0 Å². The lowest BCUT2D eigenvalue weighted by Crippen LogP contribution is -2.42. The van der Waals surface area contributed by atoms with Crippen LogP contribution in [-0.2, 0) is 16.6 Å². The lowest BCUT2D eigenvalue weighted by atomic mass is 9.99. The number of nitrogens with one attached hydrogen (secondary N) is 1. The molecule has 0 saturated carbocycles. The molecule has 1 fully saturated rings.